The number of hydrogen-bond donors (Lipinski definition) is 1. The van der Waals surface area contributed by atoms with E-state index in [9.17, 15) is 13.2 Å². The Morgan fingerprint density at radius 3 is 2.78 bits per heavy atom. The van der Waals surface area contributed by atoms with E-state index >= 15 is 0 Å². The van der Waals surface area contributed by atoms with Crippen LogP contribution in [0.15, 0.2) is 45.5 Å². The van der Waals surface area contributed by atoms with Crippen LogP contribution in [-0.4, -0.2) is 26.7 Å². The predicted octanol–water partition coefficient (Wildman–Crippen LogP) is 3.71. The van der Waals surface area contributed by atoms with Crippen LogP contribution in [0.2, 0.25) is 0 Å². The van der Waals surface area contributed by atoms with Gasteiger partial charge in [0.25, 0.3) is 0 Å². The molecule has 0 saturated carbocycles. The van der Waals surface area contributed by atoms with Crippen LogP contribution in [0.1, 0.15) is 29.1 Å². The van der Waals surface area contributed by atoms with E-state index in [1.807, 2.05) is 30.3 Å². The van der Waals surface area contributed by atoms with Crippen molar-refractivity contribution in [3.05, 3.63) is 59.7 Å². The zero-order valence-electron chi connectivity index (χ0n) is 13.7. The van der Waals surface area contributed by atoms with Gasteiger partial charge in [-0.05, 0) is 12.1 Å². The topological polar surface area (TPSA) is 84.0 Å². The number of benzene rings is 1. The van der Waals surface area contributed by atoms with Gasteiger partial charge >= 0.3 is 18.1 Å². The summed E-state index contributed by atoms with van der Waals surface area (Å²) < 4.78 is 49.5. The number of hydrogen-bond acceptors (Lipinski definition) is 6. The summed E-state index contributed by atoms with van der Waals surface area (Å²) in [6.07, 6.45) is -2.60. The second-order valence-electron chi connectivity index (χ2n) is 6.19. The summed E-state index contributed by atoms with van der Waals surface area (Å²) in [4.78, 5) is 9.00. The molecule has 1 aliphatic heterocycles. The molecule has 4 aromatic rings. The molecule has 27 heavy (non-hydrogen) atoms. The molecule has 0 saturated heterocycles. The van der Waals surface area contributed by atoms with Crippen molar-refractivity contribution in [2.75, 3.05) is 11.4 Å². The molecule has 1 N–H and O–H groups in total. The molecule has 5 rings (SSSR count). The Balaban J connectivity index is 1.63. The lowest BCUT2D eigenvalue weighted by atomic mass is 10.0. The smallest absolute Gasteiger partial charge is 0.458 e. The first-order valence-electron chi connectivity index (χ1n) is 8.18. The van der Waals surface area contributed by atoms with E-state index in [2.05, 4.69) is 20.2 Å². The molecule has 3 aromatic heterocycles. The molecule has 1 aliphatic rings. The van der Waals surface area contributed by atoms with Gasteiger partial charge in [0.15, 0.2) is 0 Å². The van der Waals surface area contributed by atoms with Crippen molar-refractivity contribution in [2.45, 2.75) is 18.6 Å². The lowest BCUT2D eigenvalue weighted by Crippen LogP contribution is -2.36. The van der Waals surface area contributed by atoms with Gasteiger partial charge in [-0.25, -0.2) is 4.98 Å². The summed E-state index contributed by atoms with van der Waals surface area (Å²) >= 11 is 0. The lowest BCUT2D eigenvalue weighted by Gasteiger charge is -2.32. The number of aromatic nitrogens is 4. The van der Waals surface area contributed by atoms with Crippen LogP contribution in [0.25, 0.3) is 11.0 Å². The minimum Gasteiger partial charge on any atom is -0.458 e. The average Bonchev–Trinajstić information content (AvgIpc) is 3.37. The van der Waals surface area contributed by atoms with Crippen LogP contribution < -0.4 is 4.90 Å². The van der Waals surface area contributed by atoms with Crippen molar-refractivity contribution in [3.63, 3.8) is 0 Å². The fraction of sp³-hybridized carbons (Fsp3) is 0.235. The van der Waals surface area contributed by atoms with E-state index in [4.69, 9.17) is 8.83 Å². The number of aromatic amines is 1. The number of para-hydroxylation sites is 1. The normalized spacial score (nSPS) is 17.4. The predicted molar refractivity (Wildman–Crippen MR) is 87.0 cm³/mol. The maximum absolute atomic E-state index is 12.9. The first kappa shape index (κ1) is 15.9. The molecule has 0 amide bonds. The van der Waals surface area contributed by atoms with E-state index in [1.54, 1.807) is 11.2 Å². The summed E-state index contributed by atoms with van der Waals surface area (Å²) in [7, 11) is 0. The Labute approximate surface area is 149 Å². The van der Waals surface area contributed by atoms with Crippen molar-refractivity contribution in [1.82, 2.24) is 20.2 Å². The molecule has 10 heteroatoms. The van der Waals surface area contributed by atoms with Crippen LogP contribution >= 0.6 is 0 Å². The van der Waals surface area contributed by atoms with Crippen LogP contribution in [0.5, 0.6) is 0 Å². The zero-order valence-corrected chi connectivity index (χ0v) is 13.7. The van der Waals surface area contributed by atoms with E-state index in [0.717, 1.165) is 11.1 Å². The van der Waals surface area contributed by atoms with Gasteiger partial charge in [0, 0.05) is 24.0 Å². The molecule has 0 aliphatic carbocycles. The number of rotatable bonds is 2. The number of halogens is 3. The largest absolute Gasteiger partial charge is 0.470 e. The Morgan fingerprint density at radius 2 is 2.00 bits per heavy atom. The standard InChI is InChI=1S/C17H12F3N5O2/c18-17(19,20)15-23-24-16(27-15)25-6-5-10-13(22-8-21-10)14(25)12-7-9-3-1-2-4-11(9)26-12/h1-4,7-8,14H,5-6H2,(H,21,22)/t14-/m1/s1. The number of fused-ring (bicyclic) bond motifs is 2. The molecule has 0 spiro atoms. The number of anilines is 1. The highest BCUT2D eigenvalue weighted by Gasteiger charge is 2.41. The van der Waals surface area contributed by atoms with E-state index in [1.165, 1.54) is 0 Å². The van der Waals surface area contributed by atoms with Crippen molar-refractivity contribution in [3.8, 4) is 0 Å². The second-order valence-corrected chi connectivity index (χ2v) is 6.19. The summed E-state index contributed by atoms with van der Waals surface area (Å²) in [5, 5.41) is 7.62. The van der Waals surface area contributed by atoms with Crippen LogP contribution in [0.3, 0.4) is 0 Å². The van der Waals surface area contributed by atoms with Crippen molar-refractivity contribution < 1.29 is 22.0 Å². The SMILES string of the molecule is FC(F)(F)c1nnc(N2CCc3[nH]cnc3[C@H]2c2cc3ccccc3o2)o1. The average molecular weight is 375 g/mol. The van der Waals surface area contributed by atoms with Crippen LogP contribution in [0.4, 0.5) is 19.2 Å². The van der Waals surface area contributed by atoms with Gasteiger partial charge in [-0.1, -0.05) is 23.3 Å². The molecule has 4 heterocycles. The molecule has 0 radical (unpaired) electrons. The van der Waals surface area contributed by atoms with Gasteiger partial charge in [0.2, 0.25) is 0 Å². The van der Waals surface area contributed by atoms with E-state index in [-0.39, 0.29) is 6.01 Å². The van der Waals surface area contributed by atoms with Gasteiger partial charge in [-0.15, -0.1) is 5.10 Å². The third-order valence-electron chi connectivity index (χ3n) is 4.54. The lowest BCUT2D eigenvalue weighted by molar-refractivity contribution is -0.157. The minimum atomic E-state index is -4.70. The maximum Gasteiger partial charge on any atom is 0.470 e. The van der Waals surface area contributed by atoms with Crippen LogP contribution in [-0.2, 0) is 12.6 Å². The van der Waals surface area contributed by atoms with Gasteiger partial charge in [-0.3, -0.25) is 0 Å². The number of nitrogens with one attached hydrogen (secondary N) is 1. The molecular formula is C17H12F3N5O2. The van der Waals surface area contributed by atoms with Crippen molar-refractivity contribution in [1.29, 1.82) is 0 Å². The Hall–Kier alpha value is -3.30. The molecule has 7 nitrogen and oxygen atoms in total. The fourth-order valence-corrected chi connectivity index (χ4v) is 3.35. The van der Waals surface area contributed by atoms with Gasteiger partial charge in [0.05, 0.1) is 12.0 Å². The van der Waals surface area contributed by atoms with E-state index < -0.39 is 18.1 Å². The molecule has 0 unspecified atom stereocenters. The van der Waals surface area contributed by atoms with Gasteiger partial charge < -0.3 is 18.7 Å². The summed E-state index contributed by atoms with van der Waals surface area (Å²) in [6, 6.07) is 8.50. The molecule has 0 bridgehead atoms. The molecule has 0 fully saturated rings. The monoisotopic (exact) mass is 375 g/mol. The first-order valence-corrected chi connectivity index (χ1v) is 8.18. The maximum atomic E-state index is 12.9. The number of nitrogens with zero attached hydrogens (tertiary/aromatic N) is 4. The highest BCUT2D eigenvalue weighted by molar-refractivity contribution is 5.78. The highest BCUT2D eigenvalue weighted by atomic mass is 19.4. The van der Waals surface area contributed by atoms with Crippen molar-refractivity contribution in [2.24, 2.45) is 0 Å². The second kappa shape index (κ2) is 5.60. The quantitative estimate of drug-likeness (QED) is 0.575. The third-order valence-corrected chi connectivity index (χ3v) is 4.54. The van der Waals surface area contributed by atoms with E-state index in [0.29, 0.717) is 30.0 Å². The summed E-state index contributed by atoms with van der Waals surface area (Å²) in [5.41, 5.74) is 2.23. The highest BCUT2D eigenvalue weighted by Crippen LogP contribution is 2.39. The Morgan fingerprint density at radius 1 is 1.15 bits per heavy atom. The molecular weight excluding hydrogens is 363 g/mol. The van der Waals surface area contributed by atoms with Gasteiger partial charge in [-0.2, -0.15) is 13.2 Å². The number of imidazole rings is 1. The summed E-state index contributed by atoms with van der Waals surface area (Å²) in [6.45, 7) is 0.371. The Kier molecular flexibility index (Phi) is 3.30. The van der Waals surface area contributed by atoms with Crippen LogP contribution in [0, 0.1) is 0 Å². The van der Waals surface area contributed by atoms with Gasteiger partial charge in [0.1, 0.15) is 17.4 Å². The molecule has 1 atom stereocenters. The minimum absolute atomic E-state index is 0.221. The first-order chi connectivity index (χ1) is 13.0. The summed E-state index contributed by atoms with van der Waals surface area (Å²) in [5.74, 6) is -0.843. The molecule has 1 aromatic carbocycles. The van der Waals surface area contributed by atoms with Crippen molar-refractivity contribution >= 4 is 17.0 Å². The number of furan rings is 1. The molecule has 138 valence electrons. The zero-order chi connectivity index (χ0) is 18.6. The third kappa shape index (κ3) is 2.56. The number of H-pyrrole nitrogens is 1. The number of alkyl halides is 3. The Bertz CT molecular complexity index is 1080. The fourth-order valence-electron chi connectivity index (χ4n) is 3.35.